The van der Waals surface area contributed by atoms with Gasteiger partial charge in [0, 0.05) is 5.41 Å². The van der Waals surface area contributed by atoms with Gasteiger partial charge in [-0.3, -0.25) is 0 Å². The first-order valence-electron chi connectivity index (χ1n) is 6.52. The summed E-state index contributed by atoms with van der Waals surface area (Å²) in [4.78, 5) is 2.25. The number of hydrogen-bond donors (Lipinski definition) is 1. The first-order chi connectivity index (χ1) is 8.35. The summed E-state index contributed by atoms with van der Waals surface area (Å²) in [6.07, 6.45) is 1.72. The first kappa shape index (κ1) is 13.5. The van der Waals surface area contributed by atoms with E-state index >= 15 is 0 Å². The van der Waals surface area contributed by atoms with Crippen LogP contribution in [0, 0.1) is 5.82 Å². The molecule has 3 heteroatoms. The number of nitrogens with zero attached hydrogens (tertiary/aromatic N) is 1. The smallest absolute Gasteiger partial charge is 0.123 e. The Morgan fingerprint density at radius 1 is 1.28 bits per heavy atom. The van der Waals surface area contributed by atoms with Crippen LogP contribution in [-0.2, 0) is 5.41 Å². The number of rotatable bonds is 2. The molecule has 0 saturated carbocycles. The summed E-state index contributed by atoms with van der Waals surface area (Å²) < 4.78 is 13.5. The van der Waals surface area contributed by atoms with Gasteiger partial charge in [-0.15, -0.1) is 0 Å². The number of likely N-dealkylation sites (tertiary alicyclic amines) is 1. The predicted octanol–water partition coefficient (Wildman–Crippen LogP) is 2.56. The molecule has 100 valence electrons. The maximum Gasteiger partial charge on any atom is 0.123 e. The van der Waals surface area contributed by atoms with Gasteiger partial charge in [-0.05, 0) is 64.5 Å². The largest absolute Gasteiger partial charge is 0.390 e. The zero-order chi connectivity index (χ0) is 13.4. The zero-order valence-corrected chi connectivity index (χ0v) is 11.4. The monoisotopic (exact) mass is 251 g/mol. The molecule has 1 fully saturated rings. The van der Waals surface area contributed by atoms with E-state index in [1.165, 1.54) is 6.07 Å². The zero-order valence-electron chi connectivity index (χ0n) is 11.4. The van der Waals surface area contributed by atoms with Crippen LogP contribution in [0.25, 0.3) is 0 Å². The molecular weight excluding hydrogens is 229 g/mol. The highest BCUT2D eigenvalue weighted by Gasteiger charge is 2.46. The minimum Gasteiger partial charge on any atom is -0.390 e. The SMILES string of the molecule is CN1CCC(c2cccc(F)c2)(C(C)(C)O)CC1. The van der Waals surface area contributed by atoms with Gasteiger partial charge in [-0.1, -0.05) is 12.1 Å². The number of halogens is 1. The molecule has 1 aromatic rings. The van der Waals surface area contributed by atoms with E-state index in [4.69, 9.17) is 0 Å². The molecule has 1 aliphatic heterocycles. The van der Waals surface area contributed by atoms with Crippen LogP contribution in [0.2, 0.25) is 0 Å². The fraction of sp³-hybridized carbons (Fsp3) is 0.600. The molecule has 0 bridgehead atoms. The summed E-state index contributed by atoms with van der Waals surface area (Å²) in [5.41, 5.74) is -0.271. The van der Waals surface area contributed by atoms with Crippen LogP contribution >= 0.6 is 0 Å². The van der Waals surface area contributed by atoms with Crippen molar-refractivity contribution >= 4 is 0 Å². The van der Waals surface area contributed by atoms with Crippen LogP contribution in [-0.4, -0.2) is 35.7 Å². The number of hydrogen-bond acceptors (Lipinski definition) is 2. The molecule has 1 aliphatic rings. The predicted molar refractivity (Wildman–Crippen MR) is 71.1 cm³/mol. The Morgan fingerprint density at radius 2 is 1.89 bits per heavy atom. The van der Waals surface area contributed by atoms with Gasteiger partial charge in [0.1, 0.15) is 5.82 Å². The van der Waals surface area contributed by atoms with Crippen molar-refractivity contribution in [2.45, 2.75) is 37.7 Å². The van der Waals surface area contributed by atoms with Gasteiger partial charge in [0.05, 0.1) is 5.60 Å². The van der Waals surface area contributed by atoms with E-state index in [1.54, 1.807) is 12.1 Å². The summed E-state index contributed by atoms with van der Waals surface area (Å²) in [6, 6.07) is 6.70. The Bertz CT molecular complexity index is 417. The number of piperidine rings is 1. The third kappa shape index (κ3) is 2.29. The van der Waals surface area contributed by atoms with E-state index in [0.29, 0.717) is 0 Å². The minimum atomic E-state index is -0.845. The highest BCUT2D eigenvalue weighted by molar-refractivity contribution is 5.30. The lowest BCUT2D eigenvalue weighted by Crippen LogP contribution is -2.53. The average Bonchev–Trinajstić information content (AvgIpc) is 2.28. The average molecular weight is 251 g/mol. The lowest BCUT2D eigenvalue weighted by atomic mass is 9.63. The van der Waals surface area contributed by atoms with Crippen LogP contribution in [0.3, 0.4) is 0 Å². The lowest BCUT2D eigenvalue weighted by molar-refractivity contribution is -0.0363. The highest BCUT2D eigenvalue weighted by atomic mass is 19.1. The van der Waals surface area contributed by atoms with Gasteiger partial charge in [0.25, 0.3) is 0 Å². The minimum absolute atomic E-state index is 0.227. The van der Waals surface area contributed by atoms with Crippen molar-refractivity contribution in [1.29, 1.82) is 0 Å². The van der Waals surface area contributed by atoms with Gasteiger partial charge in [-0.2, -0.15) is 0 Å². The van der Waals surface area contributed by atoms with Crippen LogP contribution in [0.1, 0.15) is 32.3 Å². The molecule has 0 radical (unpaired) electrons. The maximum absolute atomic E-state index is 13.5. The first-order valence-corrected chi connectivity index (χ1v) is 6.52. The fourth-order valence-electron chi connectivity index (χ4n) is 3.04. The number of aliphatic hydroxyl groups is 1. The van der Waals surface area contributed by atoms with E-state index < -0.39 is 5.60 Å². The molecule has 0 spiro atoms. The molecule has 1 saturated heterocycles. The van der Waals surface area contributed by atoms with Crippen LogP contribution in [0.5, 0.6) is 0 Å². The van der Waals surface area contributed by atoms with E-state index in [1.807, 2.05) is 19.9 Å². The lowest BCUT2D eigenvalue weighted by Gasteiger charge is -2.48. The molecule has 0 atom stereocenters. The van der Waals surface area contributed by atoms with Gasteiger partial charge in [0.15, 0.2) is 0 Å². The normalized spacial score (nSPS) is 20.9. The fourth-order valence-corrected chi connectivity index (χ4v) is 3.04. The van der Waals surface area contributed by atoms with Crippen molar-refractivity contribution in [1.82, 2.24) is 4.90 Å². The van der Waals surface area contributed by atoms with E-state index in [-0.39, 0.29) is 11.2 Å². The summed E-state index contributed by atoms with van der Waals surface area (Å²) in [6.45, 7) is 5.54. The van der Waals surface area contributed by atoms with Crippen molar-refractivity contribution in [3.8, 4) is 0 Å². The molecule has 2 nitrogen and oxygen atoms in total. The van der Waals surface area contributed by atoms with Crippen LogP contribution in [0.15, 0.2) is 24.3 Å². The topological polar surface area (TPSA) is 23.5 Å². The highest BCUT2D eigenvalue weighted by Crippen LogP contribution is 2.44. The van der Waals surface area contributed by atoms with Gasteiger partial charge < -0.3 is 10.0 Å². The Balaban J connectivity index is 2.43. The Labute approximate surface area is 108 Å². The maximum atomic E-state index is 13.5. The van der Waals surface area contributed by atoms with Gasteiger partial charge >= 0.3 is 0 Å². The van der Waals surface area contributed by atoms with Crippen molar-refractivity contribution in [3.05, 3.63) is 35.6 Å². The second kappa shape index (κ2) is 4.63. The van der Waals surface area contributed by atoms with E-state index in [0.717, 1.165) is 31.5 Å². The van der Waals surface area contributed by atoms with Crippen molar-refractivity contribution in [2.75, 3.05) is 20.1 Å². The molecule has 1 heterocycles. The molecule has 0 unspecified atom stereocenters. The molecule has 1 N–H and O–H groups in total. The van der Waals surface area contributed by atoms with E-state index in [2.05, 4.69) is 11.9 Å². The third-order valence-corrected chi connectivity index (χ3v) is 4.39. The standard InChI is InChI=1S/C15H22FNO/c1-14(2,18)15(7-9-17(3)10-8-15)12-5-4-6-13(16)11-12/h4-6,11,18H,7-10H2,1-3H3. The third-order valence-electron chi connectivity index (χ3n) is 4.39. The molecule has 2 rings (SSSR count). The molecular formula is C15H22FNO. The van der Waals surface area contributed by atoms with Crippen LogP contribution in [0.4, 0.5) is 4.39 Å². The quantitative estimate of drug-likeness (QED) is 0.873. The Hall–Kier alpha value is -0.930. The molecule has 0 aliphatic carbocycles. The van der Waals surface area contributed by atoms with Crippen molar-refractivity contribution < 1.29 is 9.50 Å². The summed E-state index contributed by atoms with van der Waals surface area (Å²) in [5, 5.41) is 10.6. The Kier molecular flexibility index (Phi) is 3.47. The summed E-state index contributed by atoms with van der Waals surface area (Å²) in [5.74, 6) is -0.227. The van der Waals surface area contributed by atoms with Gasteiger partial charge in [-0.25, -0.2) is 4.39 Å². The number of benzene rings is 1. The Morgan fingerprint density at radius 3 is 2.39 bits per heavy atom. The second-order valence-electron chi connectivity index (χ2n) is 5.95. The molecule has 18 heavy (non-hydrogen) atoms. The van der Waals surface area contributed by atoms with E-state index in [9.17, 15) is 9.50 Å². The van der Waals surface area contributed by atoms with Crippen molar-refractivity contribution in [2.24, 2.45) is 0 Å². The molecule has 0 amide bonds. The second-order valence-corrected chi connectivity index (χ2v) is 5.95. The van der Waals surface area contributed by atoms with Gasteiger partial charge in [0.2, 0.25) is 0 Å². The van der Waals surface area contributed by atoms with Crippen molar-refractivity contribution in [3.63, 3.8) is 0 Å². The molecule has 0 aromatic heterocycles. The summed E-state index contributed by atoms with van der Waals surface area (Å²) >= 11 is 0. The summed E-state index contributed by atoms with van der Waals surface area (Å²) in [7, 11) is 2.08. The molecule has 1 aromatic carbocycles. The van der Waals surface area contributed by atoms with Crippen LogP contribution < -0.4 is 0 Å².